The van der Waals surface area contributed by atoms with Crippen molar-refractivity contribution in [2.24, 2.45) is 0 Å². The van der Waals surface area contributed by atoms with Crippen molar-refractivity contribution in [3.8, 4) is 5.75 Å². The third-order valence-electron chi connectivity index (χ3n) is 0.945. The second kappa shape index (κ2) is 3.00. The van der Waals surface area contributed by atoms with Crippen molar-refractivity contribution in [1.82, 2.24) is 0 Å². The third-order valence-corrected chi connectivity index (χ3v) is 1.79. The minimum absolute atomic E-state index is 0.125. The van der Waals surface area contributed by atoms with Crippen molar-refractivity contribution in [2.45, 2.75) is 0 Å². The molecule has 0 aromatic heterocycles. The van der Waals surface area contributed by atoms with Crippen LogP contribution in [0.2, 0.25) is 0 Å². The Balaban J connectivity index is 2.82. The van der Waals surface area contributed by atoms with Crippen molar-refractivity contribution in [1.29, 1.82) is 0 Å². The average molecular weight is 221 g/mol. The van der Waals surface area contributed by atoms with Crippen LogP contribution in [0.25, 0.3) is 0 Å². The van der Waals surface area contributed by atoms with E-state index in [0.29, 0.717) is 0 Å². The Morgan fingerprint density at radius 3 is 2.18 bits per heavy atom. The Morgan fingerprint density at radius 2 is 1.73 bits per heavy atom. The summed E-state index contributed by atoms with van der Waals surface area (Å²) in [5.41, 5.74) is 0. The molecule has 1 aromatic rings. The first-order valence-corrected chi connectivity index (χ1v) is 5.66. The molecule has 0 fully saturated rings. The van der Waals surface area contributed by atoms with Crippen LogP contribution in [0.3, 0.4) is 0 Å². The predicted octanol–water partition coefficient (Wildman–Crippen LogP) is 0.354. The van der Waals surface area contributed by atoms with Crippen LogP contribution in [0, 0.1) is 0 Å². The van der Waals surface area contributed by atoms with E-state index in [1.807, 2.05) is 0 Å². The first kappa shape index (κ1) is 8.20. The van der Waals surface area contributed by atoms with Crippen molar-refractivity contribution < 1.29 is 15.7 Å². The van der Waals surface area contributed by atoms with E-state index in [-0.39, 0.29) is 5.75 Å². The van der Waals surface area contributed by atoms with Gasteiger partial charge < -0.3 is 0 Å². The fraction of sp³-hybridized carbons (Fsp3) is 0. The zero-order valence-electron chi connectivity index (χ0n) is 5.47. The Labute approximate surface area is 65.7 Å². The molecule has 0 unspecified atom stereocenters. The quantitative estimate of drug-likeness (QED) is 0.732. The van der Waals surface area contributed by atoms with Crippen LogP contribution in [0.4, 0.5) is 0 Å². The fourth-order valence-electron chi connectivity index (χ4n) is 0.598. The van der Waals surface area contributed by atoms with Crippen LogP contribution < -0.4 is 3.82 Å². The molecule has 4 nitrogen and oxygen atoms in total. The molecular formula is C6H6O4Se. The van der Waals surface area contributed by atoms with E-state index in [9.17, 15) is 7.67 Å². The molecule has 0 saturated carbocycles. The van der Waals surface area contributed by atoms with Gasteiger partial charge in [-0.1, -0.05) is 0 Å². The summed E-state index contributed by atoms with van der Waals surface area (Å²) in [6.45, 7) is 0. The molecule has 0 radical (unpaired) electrons. The molecule has 0 amide bonds. The van der Waals surface area contributed by atoms with E-state index in [0.717, 1.165) is 0 Å². The van der Waals surface area contributed by atoms with E-state index >= 15 is 0 Å². The van der Waals surface area contributed by atoms with Gasteiger partial charge in [-0.25, -0.2) is 0 Å². The number of hydrogen-bond acceptors (Lipinski definition) is 3. The molecule has 0 saturated heterocycles. The van der Waals surface area contributed by atoms with E-state index in [4.69, 9.17) is 4.19 Å². The molecule has 11 heavy (non-hydrogen) atoms. The average Bonchev–Trinajstić information content (AvgIpc) is 1.85. The molecule has 0 heterocycles. The molecule has 5 heteroatoms. The van der Waals surface area contributed by atoms with Crippen LogP contribution >= 0.6 is 0 Å². The SMILES string of the molecule is O=[Se](=O)(O)Oc1ccccc1. The molecule has 1 N–H and O–H groups in total. The van der Waals surface area contributed by atoms with Crippen molar-refractivity contribution >= 4 is 13.4 Å². The standard InChI is InChI=1S/C6H6O4Se/c7-11(8,9)10-6-4-2-1-3-5-6/h1-5H,(H,7,8,9). The summed E-state index contributed by atoms with van der Waals surface area (Å²) in [4.78, 5) is 0. The molecule has 60 valence electrons. The number of benzene rings is 1. The molecule has 1 rings (SSSR count). The van der Waals surface area contributed by atoms with Gasteiger partial charge in [0, 0.05) is 0 Å². The maximum atomic E-state index is 10.2. The van der Waals surface area contributed by atoms with Crippen LogP contribution in [0.1, 0.15) is 0 Å². The Bertz CT molecular complexity index is 316. The van der Waals surface area contributed by atoms with Crippen molar-refractivity contribution in [2.75, 3.05) is 0 Å². The maximum absolute atomic E-state index is 10.2. The predicted molar refractivity (Wildman–Crippen MR) is 36.4 cm³/mol. The van der Waals surface area contributed by atoms with Crippen LogP contribution in [0.5, 0.6) is 5.75 Å². The van der Waals surface area contributed by atoms with E-state index in [2.05, 4.69) is 3.82 Å². The molecule has 0 atom stereocenters. The van der Waals surface area contributed by atoms with Gasteiger partial charge in [0.2, 0.25) is 0 Å². The van der Waals surface area contributed by atoms with Crippen molar-refractivity contribution in [3.63, 3.8) is 0 Å². The van der Waals surface area contributed by atoms with Gasteiger partial charge >= 0.3 is 65.1 Å². The summed E-state index contributed by atoms with van der Waals surface area (Å²) in [5.74, 6) is 0.125. The Hall–Kier alpha value is -0.901. The van der Waals surface area contributed by atoms with Gasteiger partial charge in [0.1, 0.15) is 0 Å². The zero-order valence-corrected chi connectivity index (χ0v) is 7.18. The minimum atomic E-state index is -5.06. The Morgan fingerprint density at radius 1 is 1.18 bits per heavy atom. The second-order valence-corrected chi connectivity index (χ2v) is 3.97. The molecule has 0 bridgehead atoms. The van der Waals surface area contributed by atoms with Gasteiger partial charge in [0.25, 0.3) is 0 Å². The topological polar surface area (TPSA) is 63.6 Å². The van der Waals surface area contributed by atoms with Gasteiger partial charge in [0.15, 0.2) is 0 Å². The van der Waals surface area contributed by atoms with E-state index in [1.54, 1.807) is 18.2 Å². The molecule has 1 aromatic carbocycles. The summed E-state index contributed by atoms with van der Waals surface area (Å²) in [5, 5.41) is 0. The van der Waals surface area contributed by atoms with Gasteiger partial charge in [-0.05, 0) is 0 Å². The van der Waals surface area contributed by atoms with Gasteiger partial charge in [-0.15, -0.1) is 0 Å². The zero-order chi connectivity index (χ0) is 8.32. The summed E-state index contributed by atoms with van der Waals surface area (Å²) >= 11 is -5.06. The fourth-order valence-corrected chi connectivity index (χ4v) is 1.34. The summed E-state index contributed by atoms with van der Waals surface area (Å²) in [7, 11) is 0. The first-order valence-electron chi connectivity index (χ1n) is 2.80. The number of rotatable bonds is 2. The molecule has 0 aliphatic rings. The van der Waals surface area contributed by atoms with Crippen LogP contribution in [-0.4, -0.2) is 17.6 Å². The Kier molecular flexibility index (Phi) is 2.24. The number of para-hydroxylation sites is 1. The van der Waals surface area contributed by atoms with Crippen LogP contribution in [0.15, 0.2) is 30.3 Å². The summed E-state index contributed by atoms with van der Waals surface area (Å²) < 4.78 is 32.9. The summed E-state index contributed by atoms with van der Waals surface area (Å²) in [6.07, 6.45) is 0. The van der Waals surface area contributed by atoms with E-state index < -0.39 is 13.4 Å². The van der Waals surface area contributed by atoms with Crippen molar-refractivity contribution in [3.05, 3.63) is 30.3 Å². The number of hydrogen-bond donors (Lipinski definition) is 1. The molecule has 0 spiro atoms. The van der Waals surface area contributed by atoms with Crippen LogP contribution in [-0.2, 0) is 7.67 Å². The summed E-state index contributed by atoms with van der Waals surface area (Å²) in [6, 6.07) is 7.82. The van der Waals surface area contributed by atoms with E-state index in [1.165, 1.54) is 12.1 Å². The first-order chi connectivity index (χ1) is 5.08. The molecule has 0 aliphatic carbocycles. The second-order valence-electron chi connectivity index (χ2n) is 1.82. The molecular weight excluding hydrogens is 215 g/mol. The van der Waals surface area contributed by atoms with Gasteiger partial charge in [-0.3, -0.25) is 0 Å². The van der Waals surface area contributed by atoms with Gasteiger partial charge in [-0.2, -0.15) is 0 Å². The third kappa shape index (κ3) is 3.13. The molecule has 0 aliphatic heterocycles. The monoisotopic (exact) mass is 222 g/mol. The van der Waals surface area contributed by atoms with Gasteiger partial charge in [0.05, 0.1) is 0 Å². The normalized spacial score (nSPS) is 11.0.